The third kappa shape index (κ3) is 7.62. The first-order valence-electron chi connectivity index (χ1n) is 10.8. The monoisotopic (exact) mass is 459 g/mol. The standard InChI is InChI=1S/C23H30FN5O4/c1-17(31)26-13-21(32-16-30)14-27-20-5-6-23(22(24)12-20)28-7-8-29(33-10-9-28)15-18-3-2-4-19(25)11-18/h2-6,11-12,16,21,27H,7-10,13-15,25H2,1H3,(H,26,31)/t21-/m0/s1. The van der Waals surface area contributed by atoms with Crippen molar-refractivity contribution in [3.05, 3.63) is 53.8 Å². The number of nitrogen functional groups attached to an aromatic ring is 1. The van der Waals surface area contributed by atoms with Gasteiger partial charge in [-0.2, -0.15) is 5.06 Å². The molecule has 2 aromatic rings. The zero-order valence-electron chi connectivity index (χ0n) is 18.6. The molecule has 9 nitrogen and oxygen atoms in total. The number of anilines is 3. The number of carbonyl (C=O) groups excluding carboxylic acids is 2. The molecule has 4 N–H and O–H groups in total. The third-order valence-electron chi connectivity index (χ3n) is 5.21. The lowest BCUT2D eigenvalue weighted by atomic mass is 10.2. The van der Waals surface area contributed by atoms with Gasteiger partial charge in [0.25, 0.3) is 6.47 Å². The van der Waals surface area contributed by atoms with Crippen molar-refractivity contribution in [2.45, 2.75) is 19.6 Å². The summed E-state index contributed by atoms with van der Waals surface area (Å²) in [6.45, 7) is 4.93. The summed E-state index contributed by atoms with van der Waals surface area (Å²) in [7, 11) is 0. The zero-order valence-corrected chi connectivity index (χ0v) is 18.6. The largest absolute Gasteiger partial charge is 0.461 e. The van der Waals surface area contributed by atoms with Crippen molar-refractivity contribution >= 4 is 29.4 Å². The predicted octanol–water partition coefficient (Wildman–Crippen LogP) is 1.75. The topological polar surface area (TPSA) is 109 Å². The molecule has 178 valence electrons. The van der Waals surface area contributed by atoms with Crippen molar-refractivity contribution < 1.29 is 23.6 Å². The van der Waals surface area contributed by atoms with E-state index in [9.17, 15) is 14.0 Å². The second-order valence-corrected chi connectivity index (χ2v) is 7.77. The Bertz CT molecular complexity index is 945. The number of nitrogens with zero attached hydrogens (tertiary/aromatic N) is 2. The van der Waals surface area contributed by atoms with Crippen LogP contribution in [0.2, 0.25) is 0 Å². The Morgan fingerprint density at radius 2 is 2.09 bits per heavy atom. The first-order chi connectivity index (χ1) is 15.9. The van der Waals surface area contributed by atoms with E-state index in [4.69, 9.17) is 15.3 Å². The average molecular weight is 460 g/mol. The van der Waals surface area contributed by atoms with Gasteiger partial charge in [-0.25, -0.2) is 4.39 Å². The molecule has 3 rings (SSSR count). The number of halogens is 1. The number of ether oxygens (including phenoxy) is 1. The van der Waals surface area contributed by atoms with E-state index < -0.39 is 6.10 Å². The average Bonchev–Trinajstić information content (AvgIpc) is 3.01. The molecule has 1 fully saturated rings. The Kier molecular flexibility index (Phi) is 8.85. The van der Waals surface area contributed by atoms with E-state index >= 15 is 0 Å². The molecule has 0 radical (unpaired) electrons. The highest BCUT2D eigenvalue weighted by atomic mass is 19.1. The quantitative estimate of drug-likeness (QED) is 0.364. The van der Waals surface area contributed by atoms with Crippen molar-refractivity contribution in [2.24, 2.45) is 0 Å². The first kappa shape index (κ1) is 24.3. The number of hydroxylamine groups is 2. The van der Waals surface area contributed by atoms with Crippen LogP contribution in [-0.2, 0) is 25.7 Å². The van der Waals surface area contributed by atoms with Gasteiger partial charge in [0.15, 0.2) is 0 Å². The number of nitrogens with two attached hydrogens (primary N) is 1. The minimum atomic E-state index is -0.567. The van der Waals surface area contributed by atoms with Crippen LogP contribution in [0.3, 0.4) is 0 Å². The highest BCUT2D eigenvalue weighted by Gasteiger charge is 2.19. The van der Waals surface area contributed by atoms with Gasteiger partial charge in [0.2, 0.25) is 5.91 Å². The molecule has 1 saturated heterocycles. The Labute approximate surface area is 192 Å². The molecule has 0 spiro atoms. The van der Waals surface area contributed by atoms with Crippen LogP contribution in [0.15, 0.2) is 42.5 Å². The van der Waals surface area contributed by atoms with Crippen LogP contribution in [-0.4, -0.2) is 62.9 Å². The number of rotatable bonds is 10. The number of nitrogens with one attached hydrogen (secondary N) is 2. The summed E-state index contributed by atoms with van der Waals surface area (Å²) in [5, 5.41) is 7.50. The van der Waals surface area contributed by atoms with Crippen LogP contribution in [0.4, 0.5) is 21.5 Å². The molecule has 2 aromatic carbocycles. The van der Waals surface area contributed by atoms with E-state index in [-0.39, 0.29) is 24.8 Å². The molecule has 1 heterocycles. The predicted molar refractivity (Wildman–Crippen MR) is 124 cm³/mol. The molecule has 1 atom stereocenters. The maximum absolute atomic E-state index is 14.9. The van der Waals surface area contributed by atoms with Crippen LogP contribution < -0.4 is 21.3 Å². The lowest BCUT2D eigenvalue weighted by Crippen LogP contribution is -2.36. The fourth-order valence-electron chi connectivity index (χ4n) is 3.56. The Morgan fingerprint density at radius 3 is 2.82 bits per heavy atom. The van der Waals surface area contributed by atoms with E-state index in [2.05, 4.69) is 10.6 Å². The van der Waals surface area contributed by atoms with E-state index in [0.717, 1.165) is 5.56 Å². The van der Waals surface area contributed by atoms with E-state index in [1.165, 1.54) is 13.0 Å². The SMILES string of the molecule is CC(=O)NC[C@@H](CNc1ccc(N2CCON(Cc3cccc(N)c3)CC2)c(F)c1)OC=O. The highest BCUT2D eigenvalue weighted by Crippen LogP contribution is 2.24. The molecule has 0 aromatic heterocycles. The smallest absolute Gasteiger partial charge is 0.293 e. The first-order valence-corrected chi connectivity index (χ1v) is 10.8. The molecular formula is C23H30FN5O4. The lowest BCUT2D eigenvalue weighted by molar-refractivity contribution is -0.154. The highest BCUT2D eigenvalue weighted by molar-refractivity contribution is 5.72. The Hall–Kier alpha value is -3.37. The summed E-state index contributed by atoms with van der Waals surface area (Å²) < 4.78 is 19.8. The fourth-order valence-corrected chi connectivity index (χ4v) is 3.56. The second kappa shape index (κ2) is 12.0. The van der Waals surface area contributed by atoms with Crippen LogP contribution in [0.1, 0.15) is 12.5 Å². The van der Waals surface area contributed by atoms with Gasteiger partial charge >= 0.3 is 0 Å². The summed E-state index contributed by atoms with van der Waals surface area (Å²) in [4.78, 5) is 29.5. The third-order valence-corrected chi connectivity index (χ3v) is 5.21. The zero-order chi connectivity index (χ0) is 23.6. The van der Waals surface area contributed by atoms with Crippen molar-refractivity contribution in [1.82, 2.24) is 10.4 Å². The normalized spacial score (nSPS) is 15.4. The molecule has 0 unspecified atom stereocenters. The molecule has 0 bridgehead atoms. The molecule has 33 heavy (non-hydrogen) atoms. The summed E-state index contributed by atoms with van der Waals surface area (Å²) >= 11 is 0. The van der Waals surface area contributed by atoms with Crippen molar-refractivity contribution in [3.63, 3.8) is 0 Å². The summed E-state index contributed by atoms with van der Waals surface area (Å²) in [6.07, 6.45) is -0.567. The van der Waals surface area contributed by atoms with Gasteiger partial charge < -0.3 is 26.0 Å². The Balaban J connectivity index is 1.55. The molecule has 10 heteroatoms. The van der Waals surface area contributed by atoms with Gasteiger partial charge in [-0.3, -0.25) is 14.4 Å². The van der Waals surface area contributed by atoms with E-state index in [1.54, 1.807) is 12.1 Å². The molecule has 1 aliphatic heterocycles. The fraction of sp³-hybridized carbons (Fsp3) is 0.391. The van der Waals surface area contributed by atoms with Crippen molar-refractivity contribution in [2.75, 3.05) is 55.3 Å². The number of hydrogen-bond acceptors (Lipinski definition) is 8. The minimum absolute atomic E-state index is 0.168. The van der Waals surface area contributed by atoms with Crippen molar-refractivity contribution in [3.8, 4) is 0 Å². The van der Waals surface area contributed by atoms with E-state index in [0.29, 0.717) is 56.3 Å². The van der Waals surface area contributed by atoms with Crippen LogP contribution >= 0.6 is 0 Å². The van der Waals surface area contributed by atoms with Crippen molar-refractivity contribution in [1.29, 1.82) is 0 Å². The molecule has 0 aliphatic carbocycles. The second-order valence-electron chi connectivity index (χ2n) is 7.77. The number of hydrogen-bond donors (Lipinski definition) is 3. The minimum Gasteiger partial charge on any atom is -0.461 e. The van der Waals surface area contributed by atoms with Gasteiger partial charge in [0.1, 0.15) is 11.9 Å². The van der Waals surface area contributed by atoms with Gasteiger partial charge in [0, 0.05) is 44.5 Å². The number of amides is 1. The molecule has 0 saturated carbocycles. The summed E-state index contributed by atoms with van der Waals surface area (Å²) in [5.74, 6) is -0.586. The lowest BCUT2D eigenvalue weighted by Gasteiger charge is -2.23. The molecule has 1 amide bonds. The number of carbonyl (C=O) groups is 2. The van der Waals surface area contributed by atoms with Gasteiger partial charge in [0.05, 0.1) is 25.4 Å². The Morgan fingerprint density at radius 1 is 1.24 bits per heavy atom. The van der Waals surface area contributed by atoms with Crippen LogP contribution in [0.5, 0.6) is 0 Å². The van der Waals surface area contributed by atoms with Crippen LogP contribution in [0.25, 0.3) is 0 Å². The molecular weight excluding hydrogens is 429 g/mol. The van der Waals surface area contributed by atoms with Crippen LogP contribution in [0, 0.1) is 5.82 Å². The summed E-state index contributed by atoms with van der Waals surface area (Å²) in [5.41, 5.74) is 8.65. The van der Waals surface area contributed by atoms with Gasteiger partial charge in [-0.1, -0.05) is 12.1 Å². The van der Waals surface area contributed by atoms with E-state index in [1.807, 2.05) is 34.2 Å². The summed E-state index contributed by atoms with van der Waals surface area (Å²) in [6, 6.07) is 12.6. The number of benzene rings is 2. The maximum Gasteiger partial charge on any atom is 0.293 e. The van der Waals surface area contributed by atoms with Gasteiger partial charge in [-0.05, 0) is 35.9 Å². The molecule has 1 aliphatic rings. The van der Waals surface area contributed by atoms with Gasteiger partial charge in [-0.15, -0.1) is 0 Å². The maximum atomic E-state index is 14.9.